The van der Waals surface area contributed by atoms with Gasteiger partial charge in [0.1, 0.15) is 37.6 Å². The van der Waals surface area contributed by atoms with Crippen molar-refractivity contribution in [3.8, 4) is 0 Å². The molecule has 3 aliphatic rings. The summed E-state index contributed by atoms with van der Waals surface area (Å²) in [7, 11) is 0. The van der Waals surface area contributed by atoms with Gasteiger partial charge in [-0.25, -0.2) is 0 Å². The first kappa shape index (κ1) is 57.3. The van der Waals surface area contributed by atoms with Crippen molar-refractivity contribution in [2.24, 2.45) is 0 Å². The Kier molecular flexibility index (Phi) is 23.5. The zero-order chi connectivity index (χ0) is 50.8. The first-order valence-corrected chi connectivity index (χ1v) is 22.5. The van der Waals surface area contributed by atoms with Crippen LogP contribution < -0.4 is 5.32 Å². The fourth-order valence-corrected chi connectivity index (χ4v) is 7.86. The number of unbranched alkanes of at least 4 members (excludes halogenated alkanes) is 5. The highest BCUT2D eigenvalue weighted by atomic mass is 16.8. The van der Waals surface area contributed by atoms with Gasteiger partial charge in [-0.3, -0.25) is 43.2 Å². The molecule has 0 aliphatic carbocycles. The average Bonchev–Trinajstić information content (AvgIpc) is 3.21. The zero-order valence-electron chi connectivity index (χ0n) is 40.4. The lowest BCUT2D eigenvalue weighted by atomic mass is 9.94. The Hall–Kier alpha value is -5.01. The summed E-state index contributed by atoms with van der Waals surface area (Å²) in [6.07, 6.45) is -16.3. The maximum Gasteiger partial charge on any atom is 0.303 e. The van der Waals surface area contributed by atoms with Gasteiger partial charge in [0.15, 0.2) is 61.6 Å². The lowest BCUT2D eigenvalue weighted by Gasteiger charge is -2.50. The topological polar surface area (TPSA) is 295 Å². The summed E-state index contributed by atoms with van der Waals surface area (Å²) < 4.78 is 82.5. The van der Waals surface area contributed by atoms with Gasteiger partial charge in [0.05, 0.1) is 6.10 Å². The van der Waals surface area contributed by atoms with Gasteiger partial charge >= 0.3 is 47.8 Å². The van der Waals surface area contributed by atoms with Crippen LogP contribution in [0.5, 0.6) is 0 Å². The number of carbonyl (C=O) groups excluding carboxylic acids is 9. The van der Waals surface area contributed by atoms with Gasteiger partial charge < -0.3 is 71.6 Å². The van der Waals surface area contributed by atoms with Crippen LogP contribution in [0.4, 0.5) is 0 Å². The average molecular weight is 978 g/mol. The third-order valence-corrected chi connectivity index (χ3v) is 10.4. The van der Waals surface area contributed by atoms with Gasteiger partial charge in [-0.15, -0.1) is 0 Å². The number of rotatable bonds is 23. The molecular weight excluding hydrogens is 910 g/mol. The molecule has 3 fully saturated rings. The van der Waals surface area contributed by atoms with Crippen LogP contribution in [0.1, 0.15) is 115 Å². The van der Waals surface area contributed by atoms with Crippen LogP contribution in [-0.4, -0.2) is 166 Å². The molecule has 3 aliphatic heterocycles. The molecule has 24 nitrogen and oxygen atoms in total. The van der Waals surface area contributed by atoms with Crippen LogP contribution in [-0.2, 0) is 109 Å². The van der Waals surface area contributed by atoms with Crippen molar-refractivity contribution >= 4 is 53.7 Å². The summed E-state index contributed by atoms with van der Waals surface area (Å²) in [6, 6.07) is -1.59. The van der Waals surface area contributed by atoms with Crippen LogP contribution in [0, 0.1) is 0 Å². The van der Waals surface area contributed by atoms with Crippen molar-refractivity contribution in [1.29, 1.82) is 0 Å². The molecule has 24 heteroatoms. The van der Waals surface area contributed by atoms with Gasteiger partial charge in [-0.05, 0) is 13.3 Å². The van der Waals surface area contributed by atoms with E-state index in [1.807, 2.05) is 0 Å². The van der Waals surface area contributed by atoms with E-state index in [1.165, 1.54) is 6.92 Å². The summed E-state index contributed by atoms with van der Waals surface area (Å²) in [5, 5.41) is 2.64. The third kappa shape index (κ3) is 18.1. The second-order valence-electron chi connectivity index (χ2n) is 16.4. The number of amides is 1. The molecule has 68 heavy (non-hydrogen) atoms. The van der Waals surface area contributed by atoms with Gasteiger partial charge in [-0.2, -0.15) is 0 Å². The van der Waals surface area contributed by atoms with Crippen molar-refractivity contribution in [3.63, 3.8) is 0 Å². The fraction of sp³-hybridized carbons (Fsp3) is 0.795. The summed E-state index contributed by atoms with van der Waals surface area (Å²) >= 11 is 0. The molecule has 0 aromatic carbocycles. The molecule has 386 valence electrons. The standard InChI is InChI=1S/C44H67NO23/c1-12-13-14-15-16-17-18-55-43-40(39(63-29(10)53)36(60-26(7)50)32(66-43)20-57-24(5)48)68-42-33(45-22(3)46)37(61-27(8)51)35(31(65-42)19-56-23(4)47)67-44-41(64-30(11)54)38(62-28(9)52)34(21(2)58-44)59-25(6)49/h21,31-44H,12-20H2,1-11H3,(H,45,46)/t21-,31-,32-,33-,34+,35-,36-,37-,38+,39+,40+,41-,42+,43+,44+/m1/s1. The number of ether oxygens (including phenoxy) is 14. The van der Waals surface area contributed by atoms with Crippen LogP contribution in [0.25, 0.3) is 0 Å². The minimum atomic E-state index is -1.80. The summed E-state index contributed by atoms with van der Waals surface area (Å²) in [4.78, 5) is 113. The molecule has 0 bridgehead atoms. The Morgan fingerprint density at radius 2 is 0.853 bits per heavy atom. The van der Waals surface area contributed by atoms with Crippen molar-refractivity contribution in [2.75, 3.05) is 19.8 Å². The fourth-order valence-electron chi connectivity index (χ4n) is 7.86. The van der Waals surface area contributed by atoms with Crippen LogP contribution in [0.15, 0.2) is 0 Å². The van der Waals surface area contributed by atoms with E-state index in [2.05, 4.69) is 12.2 Å². The molecule has 1 N–H and O–H groups in total. The molecule has 0 aromatic heterocycles. The van der Waals surface area contributed by atoms with Crippen molar-refractivity contribution in [2.45, 2.75) is 207 Å². The summed E-state index contributed by atoms with van der Waals surface area (Å²) in [6.45, 7) is 12.2. The number of hydrogen-bond donors (Lipinski definition) is 1. The van der Waals surface area contributed by atoms with E-state index in [9.17, 15) is 43.2 Å². The summed E-state index contributed by atoms with van der Waals surface area (Å²) in [5.74, 6) is -7.47. The Balaban J connectivity index is 2.23. The van der Waals surface area contributed by atoms with E-state index in [1.54, 1.807) is 0 Å². The normalized spacial score (nSPS) is 31.2. The van der Waals surface area contributed by atoms with Gasteiger partial charge in [0, 0.05) is 68.9 Å². The summed E-state index contributed by atoms with van der Waals surface area (Å²) in [5.41, 5.74) is 0. The van der Waals surface area contributed by atoms with E-state index in [0.29, 0.717) is 6.42 Å². The molecule has 3 saturated heterocycles. The minimum absolute atomic E-state index is 0.0691. The molecule has 0 aromatic rings. The van der Waals surface area contributed by atoms with Crippen molar-refractivity contribution < 1.29 is 109 Å². The van der Waals surface area contributed by atoms with Crippen LogP contribution in [0.2, 0.25) is 0 Å². The lowest BCUT2D eigenvalue weighted by Crippen LogP contribution is -2.70. The smallest absolute Gasteiger partial charge is 0.303 e. The molecule has 0 unspecified atom stereocenters. The van der Waals surface area contributed by atoms with E-state index >= 15 is 0 Å². The van der Waals surface area contributed by atoms with E-state index in [0.717, 1.165) is 94.4 Å². The molecule has 0 saturated carbocycles. The predicted octanol–water partition coefficient (Wildman–Crippen LogP) is 1.55. The first-order valence-electron chi connectivity index (χ1n) is 22.5. The highest BCUT2D eigenvalue weighted by Crippen LogP contribution is 2.37. The molecule has 3 rings (SSSR count). The van der Waals surface area contributed by atoms with E-state index in [4.69, 9.17) is 66.3 Å². The minimum Gasteiger partial charge on any atom is -0.463 e. The number of carbonyl (C=O) groups is 9. The van der Waals surface area contributed by atoms with E-state index < -0.39 is 159 Å². The molecule has 1 amide bonds. The largest absolute Gasteiger partial charge is 0.463 e. The maximum absolute atomic E-state index is 13.1. The Bertz CT molecular complexity index is 1740. The monoisotopic (exact) mass is 977 g/mol. The lowest BCUT2D eigenvalue weighted by molar-refractivity contribution is -0.372. The number of nitrogens with one attached hydrogen (secondary N) is 1. The third-order valence-electron chi connectivity index (χ3n) is 10.4. The Labute approximate surface area is 394 Å². The second kappa shape index (κ2) is 27.9. The second-order valence-corrected chi connectivity index (χ2v) is 16.4. The van der Waals surface area contributed by atoms with Crippen molar-refractivity contribution in [1.82, 2.24) is 5.32 Å². The van der Waals surface area contributed by atoms with Crippen molar-refractivity contribution in [3.05, 3.63) is 0 Å². The Morgan fingerprint density at radius 1 is 0.426 bits per heavy atom. The molecule has 0 radical (unpaired) electrons. The highest BCUT2D eigenvalue weighted by Gasteiger charge is 2.59. The van der Waals surface area contributed by atoms with Gasteiger partial charge in [0.2, 0.25) is 5.91 Å². The number of esters is 8. The molecule has 15 atom stereocenters. The Morgan fingerprint density at radius 3 is 1.37 bits per heavy atom. The quantitative estimate of drug-likeness (QED) is 0.0863. The predicted molar refractivity (Wildman–Crippen MR) is 225 cm³/mol. The van der Waals surface area contributed by atoms with Crippen LogP contribution in [0.3, 0.4) is 0 Å². The van der Waals surface area contributed by atoms with Gasteiger partial charge in [-0.1, -0.05) is 39.0 Å². The molecule has 3 heterocycles. The van der Waals surface area contributed by atoms with E-state index in [-0.39, 0.29) is 6.61 Å². The molecular formula is C44H67NO23. The first-order chi connectivity index (χ1) is 32.0. The number of hydrogen-bond acceptors (Lipinski definition) is 23. The van der Waals surface area contributed by atoms with Crippen LogP contribution >= 0.6 is 0 Å². The maximum atomic E-state index is 13.1. The zero-order valence-corrected chi connectivity index (χ0v) is 40.4. The SMILES string of the molecule is CCCCCCCCO[C@H]1O[C@H](COC(C)=O)[C@@H](OC(C)=O)[C@H](OC(C)=O)[C@@H]1O[C@@H]1O[C@H](COC(C)=O)[C@@H](O[C@@H]2O[C@H](C)[C@H](OC(C)=O)[C@H](OC(C)=O)[C@H]2OC(C)=O)[C@H](OC(C)=O)[C@H]1NC(C)=O. The highest BCUT2D eigenvalue weighted by molar-refractivity contribution is 5.74. The van der Waals surface area contributed by atoms with Gasteiger partial charge in [0.25, 0.3) is 0 Å². The molecule has 0 spiro atoms.